The molecule has 1 fully saturated rings. The molecule has 0 bridgehead atoms. The molecule has 0 saturated heterocycles. The third-order valence-corrected chi connectivity index (χ3v) is 9.30. The third kappa shape index (κ3) is 4.45. The van der Waals surface area contributed by atoms with E-state index in [1.165, 1.54) is 21.3 Å². The van der Waals surface area contributed by atoms with Gasteiger partial charge in [0.05, 0.1) is 17.5 Å². The molecule has 1 aromatic heterocycles. The van der Waals surface area contributed by atoms with Crippen LogP contribution in [0.2, 0.25) is 5.02 Å². The highest BCUT2D eigenvalue weighted by molar-refractivity contribution is 7.89. The van der Waals surface area contributed by atoms with Gasteiger partial charge in [0.15, 0.2) is 0 Å². The molecule has 2 aromatic carbocycles. The van der Waals surface area contributed by atoms with E-state index >= 15 is 0 Å². The Balaban J connectivity index is 1.46. The molecule has 5 rings (SSSR count). The molecule has 2 aliphatic rings. The second-order valence-corrected chi connectivity index (χ2v) is 11.7. The lowest BCUT2D eigenvalue weighted by Crippen LogP contribution is -2.47. The van der Waals surface area contributed by atoms with Crippen molar-refractivity contribution in [2.24, 2.45) is 0 Å². The van der Waals surface area contributed by atoms with Gasteiger partial charge in [0.25, 0.3) is 0 Å². The van der Waals surface area contributed by atoms with Crippen LogP contribution in [-0.4, -0.2) is 42.7 Å². The minimum absolute atomic E-state index is 0.00313. The third-order valence-electron chi connectivity index (χ3n) is 6.14. The second-order valence-electron chi connectivity index (χ2n) is 8.33. The highest BCUT2D eigenvalue weighted by atomic mass is 35.5. The van der Waals surface area contributed by atoms with Gasteiger partial charge in [-0.15, -0.1) is 11.3 Å². The van der Waals surface area contributed by atoms with E-state index in [1.807, 2.05) is 23.6 Å². The van der Waals surface area contributed by atoms with Gasteiger partial charge in [-0.1, -0.05) is 23.7 Å². The number of hydrogen-bond donors (Lipinski definition) is 0. The van der Waals surface area contributed by atoms with Crippen LogP contribution >= 0.6 is 22.9 Å². The van der Waals surface area contributed by atoms with Crippen molar-refractivity contribution in [3.8, 4) is 0 Å². The first kappa shape index (κ1) is 22.5. The maximum atomic E-state index is 13.6. The Hall–Kier alpha value is -2.26. The monoisotopic (exact) mass is 504 g/mol. The number of amides is 1. The van der Waals surface area contributed by atoms with E-state index in [0.717, 1.165) is 29.7 Å². The molecule has 1 unspecified atom stereocenters. The number of rotatable bonds is 6. The van der Waals surface area contributed by atoms with Crippen molar-refractivity contribution in [2.75, 3.05) is 13.1 Å². The number of benzene rings is 2. The molecule has 33 heavy (non-hydrogen) atoms. The molecule has 172 valence electrons. The minimum Gasteiger partial charge on any atom is -0.330 e. The van der Waals surface area contributed by atoms with Crippen molar-refractivity contribution < 1.29 is 17.6 Å². The van der Waals surface area contributed by atoms with Gasteiger partial charge >= 0.3 is 0 Å². The van der Waals surface area contributed by atoms with Crippen molar-refractivity contribution in [1.82, 2.24) is 9.21 Å². The first-order chi connectivity index (χ1) is 15.8. The molecular formula is C24H22ClFN2O3S2. The average molecular weight is 505 g/mol. The van der Waals surface area contributed by atoms with Crippen molar-refractivity contribution in [1.29, 1.82) is 0 Å². The molecule has 0 radical (unpaired) electrons. The molecule has 1 saturated carbocycles. The fourth-order valence-electron chi connectivity index (χ4n) is 4.33. The summed E-state index contributed by atoms with van der Waals surface area (Å²) in [7, 11) is -3.92. The maximum absolute atomic E-state index is 13.6. The van der Waals surface area contributed by atoms with E-state index in [4.69, 9.17) is 11.6 Å². The van der Waals surface area contributed by atoms with E-state index < -0.39 is 15.8 Å². The van der Waals surface area contributed by atoms with Crippen LogP contribution in [0, 0.1) is 5.82 Å². The number of fused-ring (bicyclic) bond motifs is 1. The molecule has 1 aliphatic heterocycles. The zero-order valence-corrected chi connectivity index (χ0v) is 20.0. The van der Waals surface area contributed by atoms with Gasteiger partial charge < -0.3 is 4.90 Å². The molecule has 0 spiro atoms. The first-order valence-corrected chi connectivity index (χ1v) is 13.4. The fourth-order valence-corrected chi connectivity index (χ4v) is 6.99. The van der Waals surface area contributed by atoms with Crippen molar-refractivity contribution in [2.45, 2.75) is 36.2 Å². The topological polar surface area (TPSA) is 57.7 Å². The molecule has 2 heterocycles. The predicted octanol–water partition coefficient (Wildman–Crippen LogP) is 4.87. The van der Waals surface area contributed by atoms with E-state index in [-0.39, 0.29) is 29.4 Å². The number of nitrogens with zero attached hydrogens (tertiary/aromatic N) is 2. The van der Waals surface area contributed by atoms with Gasteiger partial charge in [0.1, 0.15) is 5.82 Å². The van der Waals surface area contributed by atoms with Gasteiger partial charge in [-0.2, -0.15) is 4.31 Å². The summed E-state index contributed by atoms with van der Waals surface area (Å²) in [6.07, 6.45) is 2.16. The Bertz CT molecular complexity index is 1270. The minimum atomic E-state index is -3.92. The smallest absolute Gasteiger partial charge is 0.243 e. The molecule has 0 N–H and O–H groups in total. The summed E-state index contributed by atoms with van der Waals surface area (Å²) in [5, 5.41) is 2.64. The Morgan fingerprint density at radius 2 is 1.79 bits per heavy atom. The summed E-state index contributed by atoms with van der Waals surface area (Å²) in [6, 6.07) is 13.7. The van der Waals surface area contributed by atoms with Crippen LogP contribution in [0.5, 0.6) is 0 Å². The summed E-state index contributed by atoms with van der Waals surface area (Å²) >= 11 is 7.75. The number of carbonyl (C=O) groups excluding carboxylic acids is 1. The number of halogens is 2. The van der Waals surface area contributed by atoms with Crippen LogP contribution in [0.15, 0.2) is 64.9 Å². The van der Waals surface area contributed by atoms with Crippen LogP contribution in [-0.2, 0) is 21.2 Å². The van der Waals surface area contributed by atoms with Crippen LogP contribution in [0.4, 0.5) is 4.39 Å². The van der Waals surface area contributed by atoms with Crippen molar-refractivity contribution in [3.63, 3.8) is 0 Å². The summed E-state index contributed by atoms with van der Waals surface area (Å²) in [5.41, 5.74) is 2.01. The molecule has 1 aliphatic carbocycles. The lowest BCUT2D eigenvalue weighted by molar-refractivity contribution is -0.133. The van der Waals surface area contributed by atoms with Crippen LogP contribution in [0.25, 0.3) is 0 Å². The largest absolute Gasteiger partial charge is 0.330 e. The molecule has 1 amide bonds. The summed E-state index contributed by atoms with van der Waals surface area (Å²) in [6.45, 7) is 0.267. The normalized spacial score (nSPS) is 18.4. The molecule has 3 aromatic rings. The van der Waals surface area contributed by atoms with Gasteiger partial charge in [-0.25, -0.2) is 12.8 Å². The standard InChI is InChI=1S/C24H22ClFN2O3S2/c25-17-3-1-16(2-4-17)24-21-12-14-32-22(21)11-13-27(24)23(29)15-28(19-7-8-19)33(30,31)20-9-5-18(26)6-10-20/h1-6,9-10,12,14,19,24H,7-8,11,13,15H2. The van der Waals surface area contributed by atoms with E-state index in [0.29, 0.717) is 24.4 Å². The summed E-state index contributed by atoms with van der Waals surface area (Å²) in [4.78, 5) is 16.6. The van der Waals surface area contributed by atoms with Crippen LogP contribution < -0.4 is 0 Å². The summed E-state index contributed by atoms with van der Waals surface area (Å²) < 4.78 is 41.2. The lowest BCUT2D eigenvalue weighted by Gasteiger charge is -2.37. The van der Waals surface area contributed by atoms with Crippen molar-refractivity contribution in [3.05, 3.63) is 86.8 Å². The molecule has 5 nitrogen and oxygen atoms in total. The Morgan fingerprint density at radius 1 is 1.09 bits per heavy atom. The number of thiophene rings is 1. The molecule has 9 heteroatoms. The van der Waals surface area contributed by atoms with Crippen LogP contribution in [0.3, 0.4) is 0 Å². The average Bonchev–Trinajstić information content (AvgIpc) is 3.53. The lowest BCUT2D eigenvalue weighted by atomic mass is 9.93. The SMILES string of the molecule is O=C(CN(C1CC1)S(=O)(=O)c1ccc(F)cc1)N1CCc2sccc2C1c1ccc(Cl)cc1. The van der Waals surface area contributed by atoms with Gasteiger partial charge in [-0.3, -0.25) is 4.79 Å². The highest BCUT2D eigenvalue weighted by Crippen LogP contribution is 2.39. The zero-order chi connectivity index (χ0) is 23.2. The Morgan fingerprint density at radius 3 is 2.45 bits per heavy atom. The van der Waals surface area contributed by atoms with E-state index in [2.05, 4.69) is 0 Å². The maximum Gasteiger partial charge on any atom is 0.243 e. The van der Waals surface area contributed by atoms with E-state index in [1.54, 1.807) is 28.4 Å². The molecular weight excluding hydrogens is 483 g/mol. The number of carbonyl (C=O) groups is 1. The quantitative estimate of drug-likeness (QED) is 0.481. The fraction of sp³-hybridized carbons (Fsp3) is 0.292. The summed E-state index contributed by atoms with van der Waals surface area (Å²) in [5.74, 6) is -0.752. The first-order valence-electron chi connectivity index (χ1n) is 10.7. The Labute approximate surface area is 201 Å². The second kappa shape index (κ2) is 8.83. The van der Waals surface area contributed by atoms with Crippen LogP contribution in [0.1, 0.15) is 34.9 Å². The van der Waals surface area contributed by atoms with Gasteiger partial charge in [0.2, 0.25) is 15.9 Å². The predicted molar refractivity (Wildman–Crippen MR) is 126 cm³/mol. The van der Waals surface area contributed by atoms with Gasteiger partial charge in [0, 0.05) is 22.5 Å². The Kier molecular flexibility index (Phi) is 6.03. The zero-order valence-electron chi connectivity index (χ0n) is 17.7. The molecule has 1 atom stereocenters. The van der Waals surface area contributed by atoms with E-state index in [9.17, 15) is 17.6 Å². The van der Waals surface area contributed by atoms with Crippen molar-refractivity contribution >= 4 is 38.9 Å². The highest BCUT2D eigenvalue weighted by Gasteiger charge is 2.41. The number of hydrogen-bond acceptors (Lipinski definition) is 4. The van der Waals surface area contributed by atoms with Gasteiger partial charge in [-0.05, 0) is 78.2 Å². The number of sulfonamides is 1.